The molecule has 1 aliphatic carbocycles. The molecule has 0 radical (unpaired) electrons. The number of fused-ring (bicyclic) bond motifs is 1. The summed E-state index contributed by atoms with van der Waals surface area (Å²) in [5.41, 5.74) is 0.537. The van der Waals surface area contributed by atoms with Crippen LogP contribution in [0.4, 0.5) is 0 Å². The Morgan fingerprint density at radius 1 is 1.07 bits per heavy atom. The Bertz CT molecular complexity index is 1050. The maximum atomic E-state index is 6.34. The van der Waals surface area contributed by atoms with Crippen molar-refractivity contribution in [1.82, 2.24) is 14.8 Å². The number of aromatic nitrogens is 3. The van der Waals surface area contributed by atoms with Crippen LogP contribution in [-0.2, 0) is 16.1 Å². The van der Waals surface area contributed by atoms with Crippen LogP contribution in [0.1, 0.15) is 58.8 Å². The van der Waals surface area contributed by atoms with Crippen molar-refractivity contribution in [3.63, 3.8) is 0 Å². The lowest BCUT2D eigenvalue weighted by molar-refractivity contribution is -0.0742. The van der Waals surface area contributed by atoms with E-state index in [1.54, 1.807) is 0 Å². The van der Waals surface area contributed by atoms with Crippen LogP contribution in [0.25, 0.3) is 22.2 Å². The minimum Gasteiger partial charge on any atom is -0.370 e. The Labute approximate surface area is 172 Å². The first-order valence-corrected chi connectivity index (χ1v) is 10.6. The molecule has 29 heavy (non-hydrogen) atoms. The highest BCUT2D eigenvalue weighted by atomic mass is 16.5. The zero-order valence-corrected chi connectivity index (χ0v) is 17.7. The fraction of sp³-hybridized carbons (Fsp3) is 0.500. The van der Waals surface area contributed by atoms with Crippen LogP contribution in [0, 0.1) is 0 Å². The maximum absolute atomic E-state index is 6.34. The third-order valence-corrected chi connectivity index (χ3v) is 6.00. The van der Waals surface area contributed by atoms with Crippen LogP contribution in [0.5, 0.6) is 0 Å². The third kappa shape index (κ3) is 3.69. The first kappa shape index (κ1) is 18.8. The van der Waals surface area contributed by atoms with Crippen molar-refractivity contribution >= 4 is 10.8 Å². The Hall–Kier alpha value is -2.24. The van der Waals surface area contributed by atoms with Crippen LogP contribution < -0.4 is 0 Å². The van der Waals surface area contributed by atoms with Crippen molar-refractivity contribution in [2.75, 3.05) is 0 Å². The smallest absolute Gasteiger partial charge is 0.181 e. The second-order valence-electron chi connectivity index (χ2n) is 9.55. The average molecular weight is 392 g/mol. The molecular formula is C24H29N3O2. The molecule has 2 aliphatic rings. The quantitative estimate of drug-likeness (QED) is 0.592. The summed E-state index contributed by atoms with van der Waals surface area (Å²) in [5, 5.41) is 7.39. The molecule has 152 valence electrons. The largest absolute Gasteiger partial charge is 0.370 e. The monoisotopic (exact) mass is 391 g/mol. The molecular weight excluding hydrogens is 362 g/mol. The zero-order valence-electron chi connectivity index (χ0n) is 17.7. The van der Waals surface area contributed by atoms with Gasteiger partial charge in [0.2, 0.25) is 0 Å². The fourth-order valence-corrected chi connectivity index (χ4v) is 4.50. The molecule has 1 aromatic heterocycles. The van der Waals surface area contributed by atoms with Gasteiger partial charge in [0, 0.05) is 12.0 Å². The molecule has 0 spiro atoms. The summed E-state index contributed by atoms with van der Waals surface area (Å²) in [6.07, 6.45) is 3.58. The number of ether oxygens (including phenoxy) is 2. The van der Waals surface area contributed by atoms with Gasteiger partial charge in [0.1, 0.15) is 6.61 Å². The molecule has 1 saturated heterocycles. The molecule has 0 bridgehead atoms. The van der Waals surface area contributed by atoms with Gasteiger partial charge >= 0.3 is 0 Å². The molecule has 1 unspecified atom stereocenters. The van der Waals surface area contributed by atoms with E-state index in [1.165, 1.54) is 10.8 Å². The van der Waals surface area contributed by atoms with E-state index in [0.717, 1.165) is 36.5 Å². The van der Waals surface area contributed by atoms with Gasteiger partial charge < -0.3 is 9.47 Å². The normalized spacial score (nSPS) is 23.0. The van der Waals surface area contributed by atoms with E-state index < -0.39 is 0 Å². The van der Waals surface area contributed by atoms with Crippen molar-refractivity contribution in [2.45, 2.75) is 76.9 Å². The van der Waals surface area contributed by atoms with Crippen molar-refractivity contribution in [2.24, 2.45) is 0 Å². The molecule has 5 nitrogen and oxygen atoms in total. The number of hydrogen-bond donors (Lipinski definition) is 0. The first-order chi connectivity index (χ1) is 13.8. The summed E-state index contributed by atoms with van der Waals surface area (Å²) in [6, 6.07) is 14.9. The van der Waals surface area contributed by atoms with Gasteiger partial charge in [-0.3, -0.25) is 0 Å². The SMILES string of the molecule is CC1(C)CC(n2nc(-c3ccc4ccccc4c3)nc2COC2CC2)C(C)(C)O1. The molecule has 3 aromatic rings. The van der Waals surface area contributed by atoms with Crippen LogP contribution in [0.3, 0.4) is 0 Å². The van der Waals surface area contributed by atoms with E-state index in [0.29, 0.717) is 12.7 Å². The van der Waals surface area contributed by atoms with Crippen LogP contribution in [-0.4, -0.2) is 32.1 Å². The lowest BCUT2D eigenvalue weighted by atomic mass is 9.94. The van der Waals surface area contributed by atoms with Crippen LogP contribution >= 0.6 is 0 Å². The summed E-state index contributed by atoms with van der Waals surface area (Å²) in [7, 11) is 0. The van der Waals surface area contributed by atoms with Crippen molar-refractivity contribution in [3.05, 3.63) is 48.3 Å². The van der Waals surface area contributed by atoms with Crippen LogP contribution in [0.15, 0.2) is 42.5 Å². The van der Waals surface area contributed by atoms with E-state index in [2.05, 4.69) is 74.8 Å². The summed E-state index contributed by atoms with van der Waals surface area (Å²) in [6.45, 7) is 9.09. The Balaban J connectivity index is 1.55. The predicted molar refractivity (Wildman–Crippen MR) is 114 cm³/mol. The molecule has 0 N–H and O–H groups in total. The molecule has 1 aliphatic heterocycles. The highest BCUT2D eigenvalue weighted by Crippen LogP contribution is 2.45. The second kappa shape index (κ2) is 6.64. The topological polar surface area (TPSA) is 49.2 Å². The molecule has 1 atom stereocenters. The van der Waals surface area contributed by atoms with E-state index in [4.69, 9.17) is 19.6 Å². The van der Waals surface area contributed by atoms with E-state index >= 15 is 0 Å². The molecule has 5 heteroatoms. The van der Waals surface area contributed by atoms with Crippen molar-refractivity contribution in [1.29, 1.82) is 0 Å². The van der Waals surface area contributed by atoms with Crippen molar-refractivity contribution in [3.8, 4) is 11.4 Å². The van der Waals surface area contributed by atoms with Gasteiger partial charge in [0.25, 0.3) is 0 Å². The third-order valence-electron chi connectivity index (χ3n) is 6.00. The fourth-order valence-electron chi connectivity index (χ4n) is 4.50. The van der Waals surface area contributed by atoms with Crippen LogP contribution in [0.2, 0.25) is 0 Å². The molecule has 1 saturated carbocycles. The summed E-state index contributed by atoms with van der Waals surface area (Å²) in [4.78, 5) is 4.92. The Kier molecular flexibility index (Phi) is 4.30. The molecule has 2 heterocycles. The summed E-state index contributed by atoms with van der Waals surface area (Å²) < 4.78 is 14.4. The minimum atomic E-state index is -0.313. The summed E-state index contributed by atoms with van der Waals surface area (Å²) >= 11 is 0. The van der Waals surface area contributed by atoms with Gasteiger partial charge in [-0.2, -0.15) is 5.10 Å². The highest BCUT2D eigenvalue weighted by molar-refractivity contribution is 5.86. The number of hydrogen-bond acceptors (Lipinski definition) is 4. The molecule has 2 fully saturated rings. The number of nitrogens with zero attached hydrogens (tertiary/aromatic N) is 3. The summed E-state index contributed by atoms with van der Waals surface area (Å²) in [5.74, 6) is 1.64. The minimum absolute atomic E-state index is 0.122. The average Bonchev–Trinajstić information content (AvgIpc) is 3.35. The molecule has 0 amide bonds. The number of rotatable bonds is 5. The van der Waals surface area contributed by atoms with Gasteiger partial charge in [-0.15, -0.1) is 0 Å². The lowest BCUT2D eigenvalue weighted by Gasteiger charge is -2.27. The Morgan fingerprint density at radius 3 is 2.52 bits per heavy atom. The lowest BCUT2D eigenvalue weighted by Crippen LogP contribution is -2.32. The van der Waals surface area contributed by atoms with Gasteiger partial charge in [-0.1, -0.05) is 36.4 Å². The predicted octanol–water partition coefficient (Wildman–Crippen LogP) is 5.30. The van der Waals surface area contributed by atoms with Gasteiger partial charge in [-0.25, -0.2) is 9.67 Å². The van der Waals surface area contributed by atoms with E-state index in [-0.39, 0.29) is 17.2 Å². The highest BCUT2D eigenvalue weighted by Gasteiger charge is 2.48. The van der Waals surface area contributed by atoms with Gasteiger partial charge in [0.15, 0.2) is 11.6 Å². The van der Waals surface area contributed by atoms with Crippen molar-refractivity contribution < 1.29 is 9.47 Å². The number of benzene rings is 2. The van der Waals surface area contributed by atoms with E-state index in [1.807, 2.05) is 0 Å². The van der Waals surface area contributed by atoms with E-state index in [9.17, 15) is 0 Å². The zero-order chi connectivity index (χ0) is 20.2. The standard InChI is InChI=1S/C24H29N3O2/c1-23(2)14-20(24(3,4)29-23)27-21(15-28-19-11-12-19)25-22(26-27)18-10-9-16-7-5-6-8-17(16)13-18/h5-10,13,19-20H,11-12,14-15H2,1-4H3. The molecule has 5 rings (SSSR count). The Morgan fingerprint density at radius 2 is 1.83 bits per heavy atom. The van der Waals surface area contributed by atoms with Gasteiger partial charge in [0.05, 0.1) is 23.3 Å². The second-order valence-corrected chi connectivity index (χ2v) is 9.55. The molecule has 2 aromatic carbocycles. The van der Waals surface area contributed by atoms with Gasteiger partial charge in [-0.05, 0) is 57.4 Å². The maximum Gasteiger partial charge on any atom is 0.181 e. The first-order valence-electron chi connectivity index (χ1n) is 10.6.